The minimum atomic E-state index is 0.168. The van der Waals surface area contributed by atoms with Gasteiger partial charge < -0.3 is 10.8 Å². The number of aliphatic hydroxyl groups excluding tert-OH is 1. The molecule has 3 N–H and O–H groups in total. The van der Waals surface area contributed by atoms with E-state index in [1.165, 1.54) is 0 Å². The molecule has 0 saturated carbocycles. The molecular weight excluding hydrogens is 224 g/mol. The van der Waals surface area contributed by atoms with Gasteiger partial charge in [-0.2, -0.15) is 0 Å². The number of rotatable bonds is 5. The van der Waals surface area contributed by atoms with E-state index in [0.29, 0.717) is 23.3 Å². The van der Waals surface area contributed by atoms with Crippen LogP contribution in [0.5, 0.6) is 0 Å². The number of aliphatic hydroxyl groups is 1. The predicted molar refractivity (Wildman–Crippen MR) is 68.5 cm³/mol. The quantitative estimate of drug-likeness (QED) is 0.778. The third kappa shape index (κ3) is 3.67. The molecule has 0 unspecified atom stereocenters. The van der Waals surface area contributed by atoms with Gasteiger partial charge in [0.15, 0.2) is 0 Å². The van der Waals surface area contributed by atoms with Crippen LogP contribution >= 0.6 is 11.6 Å². The summed E-state index contributed by atoms with van der Waals surface area (Å²) in [7, 11) is 0. The number of halogens is 1. The van der Waals surface area contributed by atoms with Gasteiger partial charge in [0, 0.05) is 19.1 Å². The lowest BCUT2D eigenvalue weighted by Gasteiger charge is -2.25. The summed E-state index contributed by atoms with van der Waals surface area (Å²) in [4.78, 5) is 2.18. The molecule has 0 amide bonds. The highest BCUT2D eigenvalue weighted by Crippen LogP contribution is 2.20. The summed E-state index contributed by atoms with van der Waals surface area (Å²) >= 11 is 5.86. The Morgan fingerprint density at radius 1 is 1.44 bits per heavy atom. The molecule has 0 spiro atoms. The van der Waals surface area contributed by atoms with Gasteiger partial charge in [0.2, 0.25) is 0 Å². The fourth-order valence-corrected chi connectivity index (χ4v) is 1.69. The molecule has 0 bridgehead atoms. The lowest BCUT2D eigenvalue weighted by atomic mass is 10.1. The van der Waals surface area contributed by atoms with E-state index in [9.17, 15) is 0 Å². The first kappa shape index (κ1) is 13.3. The molecule has 3 nitrogen and oxygen atoms in total. The molecule has 16 heavy (non-hydrogen) atoms. The molecule has 0 aromatic heterocycles. The van der Waals surface area contributed by atoms with Crippen LogP contribution in [0.1, 0.15) is 19.4 Å². The van der Waals surface area contributed by atoms with Gasteiger partial charge in [-0.3, -0.25) is 4.90 Å². The van der Waals surface area contributed by atoms with Crippen LogP contribution in [0.15, 0.2) is 18.2 Å². The summed E-state index contributed by atoms with van der Waals surface area (Å²) in [5.74, 6) is 0. The maximum absolute atomic E-state index is 8.97. The summed E-state index contributed by atoms with van der Waals surface area (Å²) in [5, 5.41) is 9.56. The van der Waals surface area contributed by atoms with Crippen LogP contribution < -0.4 is 5.73 Å². The van der Waals surface area contributed by atoms with Crippen LogP contribution in [0.4, 0.5) is 5.69 Å². The predicted octanol–water partition coefficient (Wildman–Crippen LogP) is 2.12. The van der Waals surface area contributed by atoms with E-state index in [1.54, 1.807) is 0 Å². The van der Waals surface area contributed by atoms with Crippen molar-refractivity contribution in [3.63, 3.8) is 0 Å². The Morgan fingerprint density at radius 3 is 2.62 bits per heavy atom. The maximum Gasteiger partial charge on any atom is 0.0635 e. The zero-order chi connectivity index (χ0) is 12.1. The number of benzene rings is 1. The number of anilines is 1. The fourth-order valence-electron chi connectivity index (χ4n) is 1.57. The Labute approximate surface area is 102 Å². The zero-order valence-electron chi connectivity index (χ0n) is 9.78. The van der Waals surface area contributed by atoms with Crippen molar-refractivity contribution in [2.24, 2.45) is 0 Å². The lowest BCUT2D eigenvalue weighted by molar-refractivity contribution is 0.159. The molecule has 90 valence electrons. The van der Waals surface area contributed by atoms with Crippen LogP contribution in [0.3, 0.4) is 0 Å². The summed E-state index contributed by atoms with van der Waals surface area (Å²) in [6, 6.07) is 6.05. The Kier molecular flexibility index (Phi) is 5.06. The second-order valence-corrected chi connectivity index (χ2v) is 4.55. The monoisotopic (exact) mass is 242 g/mol. The van der Waals surface area contributed by atoms with Crippen LogP contribution in [-0.2, 0) is 6.54 Å². The highest BCUT2D eigenvalue weighted by molar-refractivity contribution is 6.33. The van der Waals surface area contributed by atoms with Crippen molar-refractivity contribution in [2.75, 3.05) is 18.9 Å². The van der Waals surface area contributed by atoms with Gasteiger partial charge in [-0.05, 0) is 31.5 Å². The summed E-state index contributed by atoms with van der Waals surface area (Å²) in [6.07, 6.45) is 0. The van der Waals surface area contributed by atoms with Crippen molar-refractivity contribution in [1.82, 2.24) is 4.90 Å². The van der Waals surface area contributed by atoms with Crippen LogP contribution in [-0.4, -0.2) is 29.2 Å². The zero-order valence-corrected chi connectivity index (χ0v) is 10.5. The van der Waals surface area contributed by atoms with E-state index in [2.05, 4.69) is 18.7 Å². The summed E-state index contributed by atoms with van der Waals surface area (Å²) < 4.78 is 0. The van der Waals surface area contributed by atoms with Crippen molar-refractivity contribution in [2.45, 2.75) is 26.4 Å². The lowest BCUT2D eigenvalue weighted by Crippen LogP contribution is -2.32. The minimum absolute atomic E-state index is 0.168. The smallest absolute Gasteiger partial charge is 0.0635 e. The summed E-state index contributed by atoms with van der Waals surface area (Å²) in [6.45, 7) is 5.82. The van der Waals surface area contributed by atoms with E-state index in [4.69, 9.17) is 22.4 Å². The van der Waals surface area contributed by atoms with Gasteiger partial charge >= 0.3 is 0 Å². The molecule has 0 radical (unpaired) electrons. The molecule has 1 aromatic carbocycles. The van der Waals surface area contributed by atoms with E-state index < -0.39 is 0 Å². The first-order valence-electron chi connectivity index (χ1n) is 5.43. The van der Waals surface area contributed by atoms with Gasteiger partial charge in [0.05, 0.1) is 17.3 Å². The molecule has 1 rings (SSSR count). The first-order chi connectivity index (χ1) is 7.54. The number of nitrogens with zero attached hydrogens (tertiary/aromatic N) is 1. The molecular formula is C12H19ClN2O. The van der Waals surface area contributed by atoms with Crippen molar-refractivity contribution >= 4 is 17.3 Å². The Bertz CT molecular complexity index is 342. The van der Waals surface area contributed by atoms with Gasteiger partial charge in [-0.15, -0.1) is 0 Å². The molecule has 1 aromatic rings. The highest BCUT2D eigenvalue weighted by Gasteiger charge is 2.09. The number of nitrogens with two attached hydrogens (primary N) is 1. The Balaban J connectivity index is 2.73. The second-order valence-electron chi connectivity index (χ2n) is 4.14. The van der Waals surface area contributed by atoms with Gasteiger partial charge in [0.1, 0.15) is 0 Å². The standard InChI is InChI=1S/C12H19ClN2O/c1-9(2)15(5-6-16)8-10-3-4-11(13)12(14)7-10/h3-4,7,9,16H,5-6,8,14H2,1-2H3. The van der Waals surface area contributed by atoms with Gasteiger partial charge in [0.25, 0.3) is 0 Å². The van der Waals surface area contributed by atoms with Crippen LogP contribution in [0, 0.1) is 0 Å². The average Bonchev–Trinajstić information content (AvgIpc) is 2.22. The van der Waals surface area contributed by atoms with E-state index in [-0.39, 0.29) is 6.61 Å². The molecule has 0 fully saturated rings. The van der Waals surface area contributed by atoms with Crippen molar-refractivity contribution in [3.05, 3.63) is 28.8 Å². The molecule has 4 heteroatoms. The second kappa shape index (κ2) is 6.09. The fraction of sp³-hybridized carbons (Fsp3) is 0.500. The van der Waals surface area contributed by atoms with Crippen molar-refractivity contribution in [3.8, 4) is 0 Å². The van der Waals surface area contributed by atoms with Crippen LogP contribution in [0.2, 0.25) is 5.02 Å². The normalized spacial score (nSPS) is 11.4. The molecule has 0 atom stereocenters. The van der Waals surface area contributed by atoms with Crippen molar-refractivity contribution < 1.29 is 5.11 Å². The number of hydrogen-bond acceptors (Lipinski definition) is 3. The van der Waals surface area contributed by atoms with Crippen LogP contribution in [0.25, 0.3) is 0 Å². The van der Waals surface area contributed by atoms with Gasteiger partial charge in [-0.25, -0.2) is 0 Å². The Hall–Kier alpha value is -0.770. The first-order valence-corrected chi connectivity index (χ1v) is 5.81. The summed E-state index contributed by atoms with van der Waals surface area (Å²) in [5.41, 5.74) is 7.47. The largest absolute Gasteiger partial charge is 0.398 e. The highest BCUT2D eigenvalue weighted by atomic mass is 35.5. The molecule has 0 saturated heterocycles. The number of hydrogen-bond donors (Lipinski definition) is 2. The van der Waals surface area contributed by atoms with E-state index >= 15 is 0 Å². The van der Waals surface area contributed by atoms with E-state index in [0.717, 1.165) is 12.1 Å². The van der Waals surface area contributed by atoms with Crippen molar-refractivity contribution in [1.29, 1.82) is 0 Å². The molecule has 0 aliphatic rings. The third-order valence-corrected chi connectivity index (χ3v) is 2.91. The molecule has 0 heterocycles. The van der Waals surface area contributed by atoms with E-state index in [1.807, 2.05) is 18.2 Å². The average molecular weight is 243 g/mol. The topological polar surface area (TPSA) is 49.5 Å². The molecule has 0 aliphatic heterocycles. The van der Waals surface area contributed by atoms with Gasteiger partial charge in [-0.1, -0.05) is 17.7 Å². The molecule has 0 aliphatic carbocycles. The Morgan fingerprint density at radius 2 is 2.12 bits per heavy atom. The minimum Gasteiger partial charge on any atom is -0.398 e. The maximum atomic E-state index is 8.97. The third-order valence-electron chi connectivity index (χ3n) is 2.56. The number of nitrogen functional groups attached to an aromatic ring is 1. The SMILES string of the molecule is CC(C)N(CCO)Cc1ccc(Cl)c(N)c1.